The van der Waals surface area contributed by atoms with Gasteiger partial charge in [0.1, 0.15) is 0 Å². The molecule has 14 heavy (non-hydrogen) atoms. The summed E-state index contributed by atoms with van der Waals surface area (Å²) in [6, 6.07) is 10.5. The Labute approximate surface area is 83.7 Å². The lowest BCUT2D eigenvalue weighted by Crippen LogP contribution is -2.07. The first-order chi connectivity index (χ1) is 6.87. The normalized spacial score (nSPS) is 17.1. The number of isocyanates is 1. The lowest BCUT2D eigenvalue weighted by molar-refractivity contribution is 0.559. The van der Waals surface area contributed by atoms with Crippen LogP contribution in [0.5, 0.6) is 0 Å². The molecule has 1 aromatic carbocycles. The van der Waals surface area contributed by atoms with Crippen molar-refractivity contribution in [1.82, 2.24) is 0 Å². The Morgan fingerprint density at radius 3 is 2.57 bits per heavy atom. The third-order valence-corrected chi connectivity index (χ3v) is 3.01. The van der Waals surface area contributed by atoms with Crippen molar-refractivity contribution in [2.75, 3.05) is 6.54 Å². The molecule has 0 saturated heterocycles. The Bertz CT molecular complexity index is 348. The van der Waals surface area contributed by atoms with Gasteiger partial charge in [0.2, 0.25) is 6.08 Å². The highest BCUT2D eigenvalue weighted by atomic mass is 16.1. The van der Waals surface area contributed by atoms with Gasteiger partial charge in [-0.25, -0.2) is 9.79 Å². The molecule has 0 heterocycles. The van der Waals surface area contributed by atoms with Crippen LogP contribution in [0.3, 0.4) is 0 Å². The van der Waals surface area contributed by atoms with Crippen LogP contribution < -0.4 is 0 Å². The third-order valence-electron chi connectivity index (χ3n) is 3.01. The zero-order valence-corrected chi connectivity index (χ0v) is 8.07. The van der Waals surface area contributed by atoms with Crippen LogP contribution >= 0.6 is 0 Å². The van der Waals surface area contributed by atoms with Gasteiger partial charge < -0.3 is 0 Å². The lowest BCUT2D eigenvalue weighted by Gasteiger charge is -2.13. The van der Waals surface area contributed by atoms with Crippen molar-refractivity contribution in [1.29, 1.82) is 0 Å². The number of hydrogen-bond acceptors (Lipinski definition) is 2. The van der Waals surface area contributed by atoms with Crippen LogP contribution in [0, 0.1) is 0 Å². The predicted octanol–water partition coefficient (Wildman–Crippen LogP) is 2.44. The van der Waals surface area contributed by atoms with Crippen LogP contribution in [0.15, 0.2) is 35.3 Å². The van der Waals surface area contributed by atoms with Gasteiger partial charge in [-0.05, 0) is 30.2 Å². The maximum absolute atomic E-state index is 9.96. The molecule has 1 aromatic rings. The van der Waals surface area contributed by atoms with Crippen molar-refractivity contribution in [3.05, 3.63) is 35.9 Å². The van der Waals surface area contributed by atoms with Crippen molar-refractivity contribution in [2.24, 2.45) is 4.99 Å². The Balaban J connectivity index is 2.06. The van der Waals surface area contributed by atoms with Gasteiger partial charge in [0.25, 0.3) is 0 Å². The second kappa shape index (κ2) is 3.77. The first kappa shape index (κ1) is 9.17. The van der Waals surface area contributed by atoms with Gasteiger partial charge >= 0.3 is 0 Å². The van der Waals surface area contributed by atoms with Crippen molar-refractivity contribution >= 4 is 6.08 Å². The van der Waals surface area contributed by atoms with Crippen LogP contribution in [0.1, 0.15) is 24.8 Å². The summed E-state index contributed by atoms with van der Waals surface area (Å²) < 4.78 is 0. The minimum Gasteiger partial charge on any atom is -0.211 e. The van der Waals surface area contributed by atoms with E-state index in [4.69, 9.17) is 0 Å². The molecule has 0 radical (unpaired) electrons. The van der Waals surface area contributed by atoms with Gasteiger partial charge in [-0.15, -0.1) is 0 Å². The Hall–Kier alpha value is -1.40. The molecule has 0 aliphatic heterocycles. The Morgan fingerprint density at radius 1 is 1.29 bits per heavy atom. The first-order valence-corrected chi connectivity index (χ1v) is 4.97. The minimum atomic E-state index is 0.321. The van der Waals surface area contributed by atoms with Gasteiger partial charge in [0.05, 0.1) is 6.54 Å². The summed E-state index contributed by atoms with van der Waals surface area (Å²) in [4.78, 5) is 13.6. The lowest BCUT2D eigenvalue weighted by atomic mass is 9.93. The maximum atomic E-state index is 9.96. The van der Waals surface area contributed by atoms with E-state index < -0.39 is 0 Å². The number of benzene rings is 1. The highest BCUT2D eigenvalue weighted by Gasteiger charge is 2.43. The molecule has 2 rings (SSSR count). The monoisotopic (exact) mass is 187 g/mol. The van der Waals surface area contributed by atoms with E-state index in [1.54, 1.807) is 6.08 Å². The van der Waals surface area contributed by atoms with Crippen molar-refractivity contribution in [3.63, 3.8) is 0 Å². The van der Waals surface area contributed by atoms with Crippen molar-refractivity contribution in [3.8, 4) is 0 Å². The highest BCUT2D eigenvalue weighted by molar-refractivity contribution is 5.34. The van der Waals surface area contributed by atoms with E-state index in [0.29, 0.717) is 12.0 Å². The van der Waals surface area contributed by atoms with Crippen molar-refractivity contribution < 1.29 is 4.79 Å². The van der Waals surface area contributed by atoms with Gasteiger partial charge in [-0.1, -0.05) is 30.3 Å². The molecule has 0 atom stereocenters. The van der Waals surface area contributed by atoms with Crippen molar-refractivity contribution in [2.45, 2.75) is 24.7 Å². The molecule has 0 bridgehead atoms. The zero-order valence-electron chi connectivity index (χ0n) is 8.07. The molecular formula is C12H13NO. The topological polar surface area (TPSA) is 29.4 Å². The first-order valence-electron chi connectivity index (χ1n) is 4.97. The van der Waals surface area contributed by atoms with Crippen LogP contribution in [0.25, 0.3) is 0 Å². The Kier molecular flexibility index (Phi) is 2.47. The molecule has 1 aliphatic carbocycles. The standard InChI is InChI=1S/C12H13NO/c14-10-13-9-8-12(6-7-12)11-4-2-1-3-5-11/h1-5H,6-9H2. The minimum absolute atomic E-state index is 0.321. The van der Waals surface area contributed by atoms with E-state index >= 15 is 0 Å². The van der Waals surface area contributed by atoms with E-state index in [9.17, 15) is 4.79 Å². The summed E-state index contributed by atoms with van der Waals surface area (Å²) >= 11 is 0. The van der Waals surface area contributed by atoms with Gasteiger partial charge in [0.15, 0.2) is 0 Å². The van der Waals surface area contributed by atoms with E-state index in [1.807, 2.05) is 6.07 Å². The largest absolute Gasteiger partial charge is 0.234 e. The summed E-state index contributed by atoms with van der Waals surface area (Å²) in [6.07, 6.45) is 5.03. The molecule has 2 nitrogen and oxygen atoms in total. The van der Waals surface area contributed by atoms with E-state index in [-0.39, 0.29) is 0 Å². The SMILES string of the molecule is O=C=NCCC1(c2ccccc2)CC1. The molecule has 0 spiro atoms. The summed E-state index contributed by atoms with van der Waals surface area (Å²) in [7, 11) is 0. The van der Waals surface area contributed by atoms with E-state index in [2.05, 4.69) is 29.3 Å². The smallest absolute Gasteiger partial charge is 0.211 e. The fourth-order valence-corrected chi connectivity index (χ4v) is 1.94. The number of rotatable bonds is 4. The molecule has 0 unspecified atom stereocenters. The molecule has 1 aliphatic rings. The molecule has 0 amide bonds. The second-order valence-corrected chi connectivity index (χ2v) is 3.87. The summed E-state index contributed by atoms with van der Waals surface area (Å²) in [5.74, 6) is 0. The number of hydrogen-bond donors (Lipinski definition) is 0. The summed E-state index contributed by atoms with van der Waals surface area (Å²) in [5.41, 5.74) is 1.71. The quantitative estimate of drug-likeness (QED) is 0.526. The molecule has 1 saturated carbocycles. The second-order valence-electron chi connectivity index (χ2n) is 3.87. The summed E-state index contributed by atoms with van der Waals surface area (Å²) in [6.45, 7) is 0.610. The molecule has 2 heteroatoms. The average molecular weight is 187 g/mol. The molecule has 72 valence electrons. The van der Waals surface area contributed by atoms with Crippen LogP contribution in [0.2, 0.25) is 0 Å². The molecular weight excluding hydrogens is 174 g/mol. The number of nitrogens with zero attached hydrogens (tertiary/aromatic N) is 1. The fraction of sp³-hybridized carbons (Fsp3) is 0.417. The molecule has 0 N–H and O–H groups in total. The van der Waals surface area contributed by atoms with Crippen LogP contribution in [0.4, 0.5) is 0 Å². The Morgan fingerprint density at radius 2 is 2.00 bits per heavy atom. The number of carbonyl (C=O) groups excluding carboxylic acids is 1. The highest BCUT2D eigenvalue weighted by Crippen LogP contribution is 2.50. The van der Waals surface area contributed by atoms with E-state index in [1.165, 1.54) is 18.4 Å². The maximum Gasteiger partial charge on any atom is 0.234 e. The van der Waals surface area contributed by atoms with Gasteiger partial charge in [-0.3, -0.25) is 0 Å². The van der Waals surface area contributed by atoms with Gasteiger partial charge in [-0.2, -0.15) is 0 Å². The molecule has 0 aromatic heterocycles. The number of aliphatic imine (C=N–C) groups is 1. The summed E-state index contributed by atoms with van der Waals surface area (Å²) in [5, 5.41) is 0. The van der Waals surface area contributed by atoms with Crippen LogP contribution in [-0.4, -0.2) is 12.6 Å². The fourth-order valence-electron chi connectivity index (χ4n) is 1.94. The zero-order chi connectivity index (χ0) is 9.86. The van der Waals surface area contributed by atoms with Crippen LogP contribution in [-0.2, 0) is 10.2 Å². The third kappa shape index (κ3) is 1.75. The average Bonchev–Trinajstić information content (AvgIpc) is 3.01. The molecule has 1 fully saturated rings. The van der Waals surface area contributed by atoms with Gasteiger partial charge in [0, 0.05) is 0 Å². The predicted molar refractivity (Wildman–Crippen MR) is 55.0 cm³/mol. The van der Waals surface area contributed by atoms with E-state index in [0.717, 1.165) is 6.42 Å².